The van der Waals surface area contributed by atoms with E-state index < -0.39 is 0 Å². The van der Waals surface area contributed by atoms with Gasteiger partial charge in [-0.25, -0.2) is 11.8 Å². The SMILES string of the molecule is N#Cc1ccc(OCCON)cc1.NOCCOc1ccc(C(N)=NO)cc1. The molecule has 0 atom stereocenters. The Morgan fingerprint density at radius 3 is 1.71 bits per heavy atom. The second-order valence-corrected chi connectivity index (χ2v) is 5.08. The molecular weight excluding hydrogens is 366 g/mol. The van der Waals surface area contributed by atoms with Crippen LogP contribution in [0.2, 0.25) is 0 Å². The Morgan fingerprint density at radius 2 is 1.32 bits per heavy atom. The molecule has 0 saturated heterocycles. The minimum absolute atomic E-state index is 0.0619. The van der Waals surface area contributed by atoms with E-state index in [1.165, 1.54) is 0 Å². The number of ether oxygens (including phenoxy) is 2. The second-order valence-electron chi connectivity index (χ2n) is 5.08. The molecule has 0 unspecified atom stereocenters. The van der Waals surface area contributed by atoms with Crippen molar-refractivity contribution in [2.24, 2.45) is 22.7 Å². The molecule has 2 rings (SSSR count). The molecule has 2 aromatic carbocycles. The third kappa shape index (κ3) is 8.84. The largest absolute Gasteiger partial charge is 0.491 e. The number of amidine groups is 1. The Balaban J connectivity index is 0.000000283. The molecule has 0 spiro atoms. The Morgan fingerprint density at radius 1 is 0.857 bits per heavy atom. The summed E-state index contributed by atoms with van der Waals surface area (Å²) in [6, 6.07) is 15.7. The number of hydrogen-bond acceptors (Lipinski definition) is 9. The zero-order chi connectivity index (χ0) is 20.6. The van der Waals surface area contributed by atoms with Crippen LogP contribution in [0.5, 0.6) is 11.5 Å². The molecule has 0 aliphatic heterocycles. The first kappa shape index (κ1) is 22.7. The fourth-order valence-corrected chi connectivity index (χ4v) is 1.82. The number of nitriles is 1. The van der Waals surface area contributed by atoms with Crippen LogP contribution in [-0.2, 0) is 9.68 Å². The summed E-state index contributed by atoms with van der Waals surface area (Å²) in [6.45, 7) is 1.45. The summed E-state index contributed by atoms with van der Waals surface area (Å²) < 4.78 is 10.5. The zero-order valence-electron chi connectivity index (χ0n) is 15.2. The molecule has 0 aliphatic rings. The molecule has 10 heteroatoms. The summed E-state index contributed by atoms with van der Waals surface area (Å²) in [5, 5.41) is 19.8. The maximum absolute atomic E-state index is 8.52. The summed E-state index contributed by atoms with van der Waals surface area (Å²) in [6.07, 6.45) is 0. The highest BCUT2D eigenvalue weighted by Crippen LogP contribution is 2.12. The van der Waals surface area contributed by atoms with Gasteiger partial charge in [0.2, 0.25) is 0 Å². The average Bonchev–Trinajstić information content (AvgIpc) is 2.75. The van der Waals surface area contributed by atoms with Crippen molar-refractivity contribution in [3.8, 4) is 17.6 Å². The van der Waals surface area contributed by atoms with Crippen molar-refractivity contribution < 1.29 is 24.4 Å². The van der Waals surface area contributed by atoms with Crippen LogP contribution in [0.15, 0.2) is 53.7 Å². The Labute approximate surface area is 162 Å². The van der Waals surface area contributed by atoms with Crippen molar-refractivity contribution in [1.29, 1.82) is 5.26 Å². The van der Waals surface area contributed by atoms with E-state index in [4.69, 9.17) is 37.5 Å². The fourth-order valence-electron chi connectivity index (χ4n) is 1.82. The van der Waals surface area contributed by atoms with Crippen LogP contribution < -0.4 is 27.0 Å². The standard InChI is InChI=1S/C9H13N3O3.C9H10N2O2/c10-9(12-13)7-1-3-8(4-2-7)14-5-6-15-11;10-7-8-1-3-9(4-2-8)12-5-6-13-11/h1-4,13H,5-6,11H2,(H2,10,12);1-4H,5-6,11H2. The van der Waals surface area contributed by atoms with Gasteiger partial charge in [0.25, 0.3) is 0 Å². The minimum atomic E-state index is 0.0619. The van der Waals surface area contributed by atoms with Crippen molar-refractivity contribution in [2.45, 2.75) is 0 Å². The number of nitrogens with zero attached hydrogens (tertiary/aromatic N) is 2. The monoisotopic (exact) mass is 389 g/mol. The minimum Gasteiger partial charge on any atom is -0.491 e. The number of hydrogen-bond donors (Lipinski definition) is 4. The van der Waals surface area contributed by atoms with Crippen molar-refractivity contribution in [3.05, 3.63) is 59.7 Å². The van der Waals surface area contributed by atoms with E-state index in [0.29, 0.717) is 49.1 Å². The molecule has 0 amide bonds. The Hall–Kier alpha value is -3.36. The number of rotatable bonds is 9. The van der Waals surface area contributed by atoms with Crippen molar-refractivity contribution in [2.75, 3.05) is 26.4 Å². The van der Waals surface area contributed by atoms with E-state index in [1.54, 1.807) is 48.5 Å². The molecule has 0 aliphatic carbocycles. The van der Waals surface area contributed by atoms with Gasteiger partial charge in [-0.3, -0.25) is 0 Å². The number of benzene rings is 2. The quantitative estimate of drug-likeness (QED) is 0.160. The van der Waals surface area contributed by atoms with Gasteiger partial charge in [0.15, 0.2) is 5.84 Å². The van der Waals surface area contributed by atoms with Gasteiger partial charge in [0.1, 0.15) is 37.9 Å². The van der Waals surface area contributed by atoms with Crippen molar-refractivity contribution in [3.63, 3.8) is 0 Å². The summed E-state index contributed by atoms with van der Waals surface area (Å²) in [7, 11) is 0. The molecule has 10 nitrogen and oxygen atoms in total. The highest BCUT2D eigenvalue weighted by atomic mass is 16.6. The van der Waals surface area contributed by atoms with Gasteiger partial charge in [0.05, 0.1) is 11.6 Å². The first-order valence-corrected chi connectivity index (χ1v) is 8.11. The van der Waals surface area contributed by atoms with Gasteiger partial charge >= 0.3 is 0 Å². The van der Waals surface area contributed by atoms with Crippen LogP contribution in [0, 0.1) is 11.3 Å². The van der Waals surface area contributed by atoms with Crippen LogP contribution in [0.1, 0.15) is 11.1 Å². The lowest BCUT2D eigenvalue weighted by atomic mass is 10.2. The Kier molecular flexibility index (Phi) is 11.2. The molecule has 0 heterocycles. The molecular formula is C18H23N5O5. The van der Waals surface area contributed by atoms with Crippen LogP contribution in [0.3, 0.4) is 0 Å². The van der Waals surface area contributed by atoms with E-state index in [2.05, 4.69) is 14.8 Å². The van der Waals surface area contributed by atoms with E-state index in [0.717, 1.165) is 0 Å². The van der Waals surface area contributed by atoms with E-state index in [9.17, 15) is 0 Å². The molecule has 150 valence electrons. The molecule has 28 heavy (non-hydrogen) atoms. The third-order valence-electron chi connectivity index (χ3n) is 3.18. The molecule has 0 saturated carbocycles. The molecule has 2 aromatic rings. The normalized spacial score (nSPS) is 10.4. The topological polar surface area (TPSA) is 171 Å². The first-order chi connectivity index (χ1) is 13.6. The van der Waals surface area contributed by atoms with Crippen LogP contribution in [0.25, 0.3) is 0 Å². The average molecular weight is 389 g/mol. The highest BCUT2D eigenvalue weighted by Gasteiger charge is 1.99. The van der Waals surface area contributed by atoms with Crippen LogP contribution >= 0.6 is 0 Å². The predicted molar refractivity (Wildman–Crippen MR) is 101 cm³/mol. The lowest BCUT2D eigenvalue weighted by Gasteiger charge is -2.05. The van der Waals surface area contributed by atoms with Crippen LogP contribution in [-0.4, -0.2) is 37.5 Å². The molecule has 0 radical (unpaired) electrons. The van der Waals surface area contributed by atoms with E-state index in [1.807, 2.05) is 6.07 Å². The summed E-state index contributed by atoms with van der Waals surface area (Å²) in [5.74, 6) is 11.1. The van der Waals surface area contributed by atoms with E-state index >= 15 is 0 Å². The lowest BCUT2D eigenvalue weighted by Crippen LogP contribution is -2.13. The molecule has 7 N–H and O–H groups in total. The van der Waals surface area contributed by atoms with Gasteiger partial charge in [-0.05, 0) is 48.5 Å². The molecule has 0 aromatic heterocycles. The molecule has 0 bridgehead atoms. The van der Waals surface area contributed by atoms with Gasteiger partial charge < -0.3 is 30.1 Å². The highest BCUT2D eigenvalue weighted by molar-refractivity contribution is 5.97. The first-order valence-electron chi connectivity index (χ1n) is 8.11. The molecule has 0 fully saturated rings. The predicted octanol–water partition coefficient (Wildman–Crippen LogP) is 0.878. The van der Waals surface area contributed by atoms with Crippen molar-refractivity contribution in [1.82, 2.24) is 0 Å². The summed E-state index contributed by atoms with van der Waals surface area (Å²) >= 11 is 0. The fraction of sp³-hybridized carbons (Fsp3) is 0.222. The summed E-state index contributed by atoms with van der Waals surface area (Å²) in [5.41, 5.74) is 6.63. The zero-order valence-corrected chi connectivity index (χ0v) is 15.2. The second kappa shape index (κ2) is 13.8. The third-order valence-corrected chi connectivity index (χ3v) is 3.18. The Bertz CT molecular complexity index is 744. The smallest absolute Gasteiger partial charge is 0.170 e. The lowest BCUT2D eigenvalue weighted by molar-refractivity contribution is 0.102. The maximum Gasteiger partial charge on any atom is 0.170 e. The number of oxime groups is 1. The van der Waals surface area contributed by atoms with Crippen LogP contribution in [0.4, 0.5) is 0 Å². The van der Waals surface area contributed by atoms with Gasteiger partial charge in [0, 0.05) is 5.56 Å². The van der Waals surface area contributed by atoms with E-state index in [-0.39, 0.29) is 5.84 Å². The van der Waals surface area contributed by atoms with Gasteiger partial charge in [-0.15, -0.1) is 0 Å². The van der Waals surface area contributed by atoms with Gasteiger partial charge in [-0.1, -0.05) is 5.16 Å². The number of nitrogens with two attached hydrogens (primary N) is 3. The summed E-state index contributed by atoms with van der Waals surface area (Å²) in [4.78, 5) is 8.68. The van der Waals surface area contributed by atoms with Crippen molar-refractivity contribution >= 4 is 5.84 Å². The maximum atomic E-state index is 8.52. The van der Waals surface area contributed by atoms with Gasteiger partial charge in [-0.2, -0.15) is 5.26 Å².